The summed E-state index contributed by atoms with van der Waals surface area (Å²) in [5.74, 6) is -0.690. The van der Waals surface area contributed by atoms with E-state index < -0.39 is 61.8 Å². The van der Waals surface area contributed by atoms with Crippen LogP contribution < -0.4 is 128 Å². The van der Waals surface area contributed by atoms with Gasteiger partial charge in [0.25, 0.3) is 0 Å². The monoisotopic (exact) mass is 926 g/mol. The summed E-state index contributed by atoms with van der Waals surface area (Å²) in [7, 11) is -17.8. The molecule has 1 heterocycles. The topological polar surface area (TPSA) is 313 Å². The summed E-state index contributed by atoms with van der Waals surface area (Å²) in [5, 5.41) is 10.7. The van der Waals surface area contributed by atoms with Gasteiger partial charge in [-0.05, 0) is 49.6 Å². The third-order valence-corrected chi connectivity index (χ3v) is 11.8. The van der Waals surface area contributed by atoms with Crippen molar-refractivity contribution in [2.24, 2.45) is 10.2 Å². The van der Waals surface area contributed by atoms with E-state index in [1.54, 1.807) is 13.0 Å². The molecule has 0 saturated heterocycles. The summed E-state index contributed by atoms with van der Waals surface area (Å²) in [4.78, 5) is 11.3. The molecular weight excluding hydrogens is 901 g/mol. The van der Waals surface area contributed by atoms with Crippen LogP contribution in [0.4, 0.5) is 23.0 Å². The number of azo groups is 1. The number of hydrogen-bond acceptors (Lipinski definition) is 21. The molecule has 0 radical (unpaired) electrons. The summed E-state index contributed by atoms with van der Waals surface area (Å²) in [6.07, 6.45) is 0.0356. The molecule has 19 nitrogen and oxygen atoms in total. The summed E-state index contributed by atoms with van der Waals surface area (Å²) >= 11 is 2.07. The first-order chi connectivity index (χ1) is 24.1. The molecule has 0 amide bonds. The van der Waals surface area contributed by atoms with Crippen molar-refractivity contribution in [1.82, 2.24) is 15.0 Å². The maximum absolute atomic E-state index is 12.0. The number of rotatable bonds is 17. The minimum absolute atomic E-state index is 0. The van der Waals surface area contributed by atoms with E-state index in [-0.39, 0.29) is 187 Å². The standard InChI is InChI=1S/C27H30N6O13S6.4Na/c1-16-12-21(28-25-29-26(47-8-4-10-49(34,35)36)31-27(30-25)48-9-5-11-50(37,38)39)22(46-2)15-20(16)33-32-17-13-19-18(24(14-17)52(43,44)45)6-3-7-23(19)51(40,41)42;;;;/h3,6-7,12-15H,4-5,8-11H2,1-2H3,(H,34,35,36)(H,37,38,39)(H,40,41,42)(H,43,44,45)(H,28,29,30,31);;;;/q;4*+1/p-4. The first-order valence-electron chi connectivity index (χ1n) is 14.4. The van der Waals surface area contributed by atoms with Gasteiger partial charge in [0, 0.05) is 39.9 Å². The van der Waals surface area contributed by atoms with Gasteiger partial charge in [-0.15, -0.1) is 0 Å². The van der Waals surface area contributed by atoms with Crippen LogP contribution in [0.2, 0.25) is 0 Å². The van der Waals surface area contributed by atoms with Crippen molar-refractivity contribution in [3.63, 3.8) is 0 Å². The average Bonchev–Trinajstić information content (AvgIpc) is 3.02. The predicted octanol–water partition coefficient (Wildman–Crippen LogP) is -8.62. The van der Waals surface area contributed by atoms with Gasteiger partial charge in [-0.2, -0.15) is 25.2 Å². The van der Waals surface area contributed by atoms with Crippen molar-refractivity contribution in [2.75, 3.05) is 35.4 Å². The van der Waals surface area contributed by atoms with E-state index in [0.29, 0.717) is 11.3 Å². The van der Waals surface area contributed by atoms with E-state index >= 15 is 0 Å². The number of aromatic nitrogens is 3. The fraction of sp³-hybridized carbons (Fsp3) is 0.296. The van der Waals surface area contributed by atoms with Crippen LogP contribution in [-0.4, -0.2) is 97.0 Å². The molecule has 0 aliphatic rings. The number of ether oxygens (including phenoxy) is 1. The quantitative estimate of drug-likeness (QED) is 0.0338. The van der Waals surface area contributed by atoms with Crippen molar-refractivity contribution < 1.29 is 175 Å². The fourth-order valence-electron chi connectivity index (χ4n) is 4.40. The Bertz CT molecular complexity index is 2430. The third-order valence-electron chi connectivity index (χ3n) is 6.61. The SMILES string of the molecule is COc1cc(N=Nc2cc(S(=O)(=O)[O-])c3cccc(S(=O)(=O)[O-])c3c2)c(C)cc1Nc1nc(SCCCS(=O)(=O)[O-])nc(SCCCS(=O)(=O)[O-])n1.[Na+].[Na+].[Na+].[Na+]. The Morgan fingerprint density at radius 1 is 0.696 bits per heavy atom. The minimum atomic E-state index is -5.15. The van der Waals surface area contributed by atoms with Crippen LogP contribution in [0.3, 0.4) is 0 Å². The molecule has 0 aliphatic heterocycles. The molecule has 4 rings (SSSR count). The van der Waals surface area contributed by atoms with Gasteiger partial charge in [-0.1, -0.05) is 35.7 Å². The Kier molecular flexibility index (Phi) is 24.4. The average molecular weight is 927 g/mol. The fourth-order valence-corrected chi connectivity index (χ4v) is 8.76. The molecule has 4 aromatic rings. The molecule has 56 heavy (non-hydrogen) atoms. The van der Waals surface area contributed by atoms with Gasteiger partial charge >= 0.3 is 118 Å². The Morgan fingerprint density at radius 2 is 1.23 bits per heavy atom. The van der Waals surface area contributed by atoms with Crippen LogP contribution in [0, 0.1) is 6.92 Å². The Morgan fingerprint density at radius 3 is 1.71 bits per heavy atom. The number of nitrogens with one attached hydrogen (secondary N) is 1. The third kappa shape index (κ3) is 17.8. The van der Waals surface area contributed by atoms with Crippen molar-refractivity contribution in [3.8, 4) is 5.75 Å². The number of hydrogen-bond donors (Lipinski definition) is 1. The van der Waals surface area contributed by atoms with Gasteiger partial charge in [0.15, 0.2) is 10.3 Å². The second-order valence-corrected chi connectivity index (χ2v) is 18.4. The zero-order valence-electron chi connectivity index (χ0n) is 30.8. The number of thioether (sulfide) groups is 2. The largest absolute Gasteiger partial charge is 1.00 e. The van der Waals surface area contributed by atoms with Crippen molar-refractivity contribution in [2.45, 2.75) is 39.9 Å². The normalized spacial score (nSPS) is 11.9. The van der Waals surface area contributed by atoms with E-state index in [1.807, 2.05) is 0 Å². The first-order valence-corrected chi connectivity index (χ1v) is 22.3. The zero-order valence-corrected chi connectivity index (χ0v) is 43.7. The Balaban J connectivity index is 0.00000756. The number of methoxy groups -OCH3 is 1. The Labute approximate surface area is 420 Å². The molecule has 282 valence electrons. The van der Waals surface area contributed by atoms with Gasteiger partial charge in [0.1, 0.15) is 26.0 Å². The van der Waals surface area contributed by atoms with Crippen LogP contribution in [0.5, 0.6) is 5.75 Å². The van der Waals surface area contributed by atoms with Crippen LogP contribution in [0.25, 0.3) is 10.8 Å². The number of aryl methyl sites for hydroxylation is 1. The van der Waals surface area contributed by atoms with Crippen LogP contribution in [-0.2, 0) is 40.5 Å². The molecular formula is C27H26N6Na4O13S6. The van der Waals surface area contributed by atoms with E-state index in [0.717, 1.165) is 47.8 Å². The van der Waals surface area contributed by atoms with Crippen LogP contribution >= 0.6 is 23.5 Å². The molecule has 0 saturated carbocycles. The maximum atomic E-state index is 12.0. The zero-order chi connectivity index (χ0) is 38.5. The maximum Gasteiger partial charge on any atom is 1.00 e. The van der Waals surface area contributed by atoms with Gasteiger partial charge < -0.3 is 28.3 Å². The van der Waals surface area contributed by atoms with Crippen molar-refractivity contribution >= 4 is 97.8 Å². The predicted molar refractivity (Wildman–Crippen MR) is 185 cm³/mol. The molecule has 0 unspecified atom stereocenters. The van der Waals surface area contributed by atoms with Crippen LogP contribution in [0.15, 0.2) is 72.8 Å². The van der Waals surface area contributed by atoms with Crippen molar-refractivity contribution in [3.05, 3.63) is 48.0 Å². The van der Waals surface area contributed by atoms with Gasteiger partial charge in [0.05, 0.1) is 54.2 Å². The van der Waals surface area contributed by atoms with E-state index in [1.165, 1.54) is 19.2 Å². The first kappa shape index (κ1) is 56.5. The molecule has 0 spiro atoms. The van der Waals surface area contributed by atoms with Crippen molar-refractivity contribution in [1.29, 1.82) is 0 Å². The van der Waals surface area contributed by atoms with Gasteiger partial charge in [-0.25, -0.2) is 33.7 Å². The molecule has 29 heteroatoms. The van der Waals surface area contributed by atoms with Gasteiger partial charge in [0.2, 0.25) is 5.95 Å². The number of anilines is 2. The Hall–Kier alpha value is 0.470. The van der Waals surface area contributed by atoms with E-state index in [9.17, 15) is 51.9 Å². The molecule has 0 atom stereocenters. The number of nitrogens with zero attached hydrogens (tertiary/aromatic N) is 5. The summed E-state index contributed by atoms with van der Waals surface area (Å²) in [6, 6.07) is 8.25. The summed E-state index contributed by atoms with van der Waals surface area (Å²) in [6.45, 7) is 1.62. The smallest absolute Gasteiger partial charge is 0.748 e. The second kappa shape index (κ2) is 24.2. The van der Waals surface area contributed by atoms with E-state index in [4.69, 9.17) is 4.74 Å². The molecule has 0 fully saturated rings. The van der Waals surface area contributed by atoms with Gasteiger partial charge in [-0.3, -0.25) is 0 Å². The minimum Gasteiger partial charge on any atom is -0.748 e. The number of benzene rings is 3. The molecule has 0 bridgehead atoms. The second-order valence-electron chi connectivity index (χ2n) is 10.5. The summed E-state index contributed by atoms with van der Waals surface area (Å²) in [5.41, 5.74) is 0.703. The number of fused-ring (bicyclic) bond motifs is 1. The molecule has 3 aromatic carbocycles. The van der Waals surface area contributed by atoms with Crippen LogP contribution in [0.1, 0.15) is 18.4 Å². The molecule has 1 N–H and O–H groups in total. The van der Waals surface area contributed by atoms with E-state index in [2.05, 4.69) is 30.5 Å². The molecule has 1 aromatic heterocycles. The summed E-state index contributed by atoms with van der Waals surface area (Å²) < 4.78 is 143. The molecule has 0 aliphatic carbocycles.